The molecule has 1 aliphatic heterocycles. The van der Waals surface area contributed by atoms with E-state index >= 15 is 0 Å². The fraction of sp³-hybridized carbons (Fsp3) is 0.700. The van der Waals surface area contributed by atoms with Crippen molar-refractivity contribution in [3.63, 3.8) is 0 Å². The van der Waals surface area contributed by atoms with Gasteiger partial charge in [0.25, 0.3) is 0 Å². The fourth-order valence-corrected chi connectivity index (χ4v) is 2.05. The second kappa shape index (κ2) is 4.53. The predicted molar refractivity (Wildman–Crippen MR) is 55.7 cm³/mol. The molecule has 1 aliphatic rings. The third kappa shape index (κ3) is 2.41. The molecule has 0 saturated carbocycles. The summed E-state index contributed by atoms with van der Waals surface area (Å²) in [5.41, 5.74) is 0.411. The van der Waals surface area contributed by atoms with Crippen LogP contribution in [-0.2, 0) is 6.54 Å². The zero-order valence-electron chi connectivity index (χ0n) is 8.96. The van der Waals surface area contributed by atoms with Gasteiger partial charge >= 0.3 is 0 Å². The van der Waals surface area contributed by atoms with E-state index in [9.17, 15) is 4.79 Å². The minimum Gasteiger partial charge on any atom is -0.302 e. The van der Waals surface area contributed by atoms with Gasteiger partial charge in [0.2, 0.25) is 0 Å². The van der Waals surface area contributed by atoms with E-state index in [0.717, 1.165) is 19.4 Å². The lowest BCUT2D eigenvalue weighted by atomic mass is 10.0. The van der Waals surface area contributed by atoms with Crippen LogP contribution in [-0.4, -0.2) is 45.8 Å². The van der Waals surface area contributed by atoms with Crippen LogP contribution in [0.25, 0.3) is 0 Å². The van der Waals surface area contributed by atoms with E-state index < -0.39 is 0 Å². The number of likely N-dealkylation sites (N-methyl/N-ethyl adjacent to an activating group) is 1. The Labute approximate surface area is 89.1 Å². The van der Waals surface area contributed by atoms with E-state index in [1.54, 1.807) is 10.9 Å². The Morgan fingerprint density at radius 2 is 2.47 bits per heavy atom. The molecule has 1 fully saturated rings. The summed E-state index contributed by atoms with van der Waals surface area (Å²) in [6.07, 6.45) is 6.20. The topological polar surface area (TPSA) is 51.0 Å². The van der Waals surface area contributed by atoms with Crippen molar-refractivity contribution < 1.29 is 4.79 Å². The van der Waals surface area contributed by atoms with Crippen LogP contribution in [0.4, 0.5) is 0 Å². The molecule has 1 saturated heterocycles. The van der Waals surface area contributed by atoms with Crippen LogP contribution >= 0.6 is 0 Å². The van der Waals surface area contributed by atoms with Crippen molar-refractivity contribution in [2.24, 2.45) is 0 Å². The van der Waals surface area contributed by atoms with Gasteiger partial charge in [-0.25, -0.2) is 0 Å². The van der Waals surface area contributed by atoms with Gasteiger partial charge in [-0.2, -0.15) is 0 Å². The summed E-state index contributed by atoms with van der Waals surface area (Å²) in [4.78, 5) is 12.8. The maximum atomic E-state index is 10.5. The van der Waals surface area contributed by atoms with Gasteiger partial charge in [0.15, 0.2) is 6.29 Å². The molecule has 2 heterocycles. The molecule has 0 N–H and O–H groups in total. The number of likely N-dealkylation sites (tertiary alicyclic amines) is 1. The van der Waals surface area contributed by atoms with Crippen molar-refractivity contribution in [3.8, 4) is 0 Å². The number of aromatic nitrogens is 3. The summed E-state index contributed by atoms with van der Waals surface area (Å²) in [6, 6.07) is 0.528. The molecule has 0 aromatic carbocycles. The first-order valence-corrected chi connectivity index (χ1v) is 5.35. The number of aldehydes is 1. The summed E-state index contributed by atoms with van der Waals surface area (Å²) in [6.45, 7) is 1.98. The number of hydrogen-bond donors (Lipinski definition) is 0. The Morgan fingerprint density at radius 3 is 3.13 bits per heavy atom. The van der Waals surface area contributed by atoms with Gasteiger partial charge in [-0.15, -0.1) is 5.10 Å². The third-order valence-electron chi connectivity index (χ3n) is 3.00. The van der Waals surface area contributed by atoms with Crippen molar-refractivity contribution in [3.05, 3.63) is 11.9 Å². The number of carbonyl (C=O) groups is 1. The second-order valence-electron chi connectivity index (χ2n) is 4.11. The quantitative estimate of drug-likeness (QED) is 0.682. The average Bonchev–Trinajstić information content (AvgIpc) is 2.69. The molecule has 15 heavy (non-hydrogen) atoms. The van der Waals surface area contributed by atoms with E-state index in [0.29, 0.717) is 11.7 Å². The molecule has 5 nitrogen and oxygen atoms in total. The number of nitrogens with zero attached hydrogens (tertiary/aromatic N) is 4. The lowest BCUT2D eigenvalue weighted by molar-refractivity contribution is 0.111. The highest BCUT2D eigenvalue weighted by Gasteiger charge is 2.19. The Hall–Kier alpha value is -1.23. The van der Waals surface area contributed by atoms with E-state index in [1.807, 2.05) is 0 Å². The monoisotopic (exact) mass is 208 g/mol. The second-order valence-corrected chi connectivity index (χ2v) is 4.11. The lowest BCUT2D eigenvalue weighted by Crippen LogP contribution is -2.39. The molecule has 5 heteroatoms. The fourth-order valence-electron chi connectivity index (χ4n) is 2.05. The summed E-state index contributed by atoms with van der Waals surface area (Å²) in [7, 11) is 2.14. The van der Waals surface area contributed by atoms with Gasteiger partial charge in [-0.1, -0.05) is 11.6 Å². The third-order valence-corrected chi connectivity index (χ3v) is 3.00. The highest BCUT2D eigenvalue weighted by Crippen LogP contribution is 2.16. The Kier molecular flexibility index (Phi) is 3.11. The summed E-state index contributed by atoms with van der Waals surface area (Å²) >= 11 is 0. The summed E-state index contributed by atoms with van der Waals surface area (Å²) in [5.74, 6) is 0. The normalized spacial score (nSPS) is 22.9. The first-order valence-electron chi connectivity index (χ1n) is 5.35. The van der Waals surface area contributed by atoms with Gasteiger partial charge in [-0.05, 0) is 26.4 Å². The van der Waals surface area contributed by atoms with Crippen LogP contribution in [0.2, 0.25) is 0 Å². The van der Waals surface area contributed by atoms with Crippen LogP contribution in [0, 0.1) is 0 Å². The van der Waals surface area contributed by atoms with Crippen molar-refractivity contribution in [1.82, 2.24) is 19.9 Å². The van der Waals surface area contributed by atoms with Gasteiger partial charge < -0.3 is 4.90 Å². The van der Waals surface area contributed by atoms with Crippen LogP contribution in [0.5, 0.6) is 0 Å². The zero-order chi connectivity index (χ0) is 10.7. The maximum Gasteiger partial charge on any atom is 0.171 e. The molecular weight excluding hydrogens is 192 g/mol. The number of carbonyl (C=O) groups excluding carboxylic acids is 1. The SMILES string of the molecule is CN1CCCC[C@@H]1Cn1cc(C=O)nn1. The molecule has 0 unspecified atom stereocenters. The maximum absolute atomic E-state index is 10.5. The smallest absolute Gasteiger partial charge is 0.171 e. The average molecular weight is 208 g/mol. The molecule has 1 aromatic heterocycles. The molecular formula is C10H16N4O. The predicted octanol–water partition coefficient (Wildman–Crippen LogP) is 0.575. The molecule has 0 aliphatic carbocycles. The highest BCUT2D eigenvalue weighted by molar-refractivity contribution is 5.70. The van der Waals surface area contributed by atoms with Crippen LogP contribution in [0.15, 0.2) is 6.20 Å². The molecule has 0 bridgehead atoms. The van der Waals surface area contributed by atoms with E-state index in [1.165, 1.54) is 19.3 Å². The van der Waals surface area contributed by atoms with Gasteiger partial charge in [0.05, 0.1) is 12.7 Å². The zero-order valence-corrected chi connectivity index (χ0v) is 8.96. The van der Waals surface area contributed by atoms with Crippen molar-refractivity contribution in [1.29, 1.82) is 0 Å². The highest BCUT2D eigenvalue weighted by atomic mass is 16.1. The minimum absolute atomic E-state index is 0.411. The Bertz CT molecular complexity index is 336. The molecule has 1 atom stereocenters. The van der Waals surface area contributed by atoms with Crippen molar-refractivity contribution >= 4 is 6.29 Å². The number of hydrogen-bond acceptors (Lipinski definition) is 4. The summed E-state index contributed by atoms with van der Waals surface area (Å²) in [5, 5.41) is 7.68. The summed E-state index contributed by atoms with van der Waals surface area (Å²) < 4.78 is 1.76. The van der Waals surface area contributed by atoms with Crippen molar-refractivity contribution in [2.75, 3.05) is 13.6 Å². The molecule has 0 radical (unpaired) electrons. The van der Waals surface area contributed by atoms with E-state index in [-0.39, 0.29) is 0 Å². The Balaban J connectivity index is 1.97. The first kappa shape index (κ1) is 10.3. The number of rotatable bonds is 3. The molecule has 0 amide bonds. The lowest BCUT2D eigenvalue weighted by Gasteiger charge is -2.32. The standard InChI is InChI=1S/C10H16N4O/c1-13-5-3-2-4-10(13)7-14-6-9(8-15)11-12-14/h6,8,10H,2-5,7H2,1H3/t10-/m1/s1. The van der Waals surface area contributed by atoms with E-state index in [2.05, 4.69) is 22.3 Å². The molecule has 1 aromatic rings. The van der Waals surface area contributed by atoms with Gasteiger partial charge in [0, 0.05) is 6.04 Å². The van der Waals surface area contributed by atoms with Gasteiger partial charge in [-0.3, -0.25) is 9.48 Å². The molecule has 82 valence electrons. The van der Waals surface area contributed by atoms with Crippen molar-refractivity contribution in [2.45, 2.75) is 31.8 Å². The number of piperidine rings is 1. The minimum atomic E-state index is 0.411. The van der Waals surface area contributed by atoms with Crippen LogP contribution in [0.3, 0.4) is 0 Å². The largest absolute Gasteiger partial charge is 0.302 e. The Morgan fingerprint density at radius 1 is 1.60 bits per heavy atom. The molecule has 0 spiro atoms. The molecule has 2 rings (SSSR count). The van der Waals surface area contributed by atoms with Crippen LogP contribution in [0.1, 0.15) is 29.8 Å². The van der Waals surface area contributed by atoms with Crippen LogP contribution < -0.4 is 0 Å². The van der Waals surface area contributed by atoms with Gasteiger partial charge in [0.1, 0.15) is 5.69 Å². The van der Waals surface area contributed by atoms with E-state index in [4.69, 9.17) is 0 Å². The first-order chi connectivity index (χ1) is 7.29.